The Morgan fingerprint density at radius 1 is 0.854 bits per heavy atom. The molecule has 0 saturated carbocycles. The molecule has 0 amide bonds. The van der Waals surface area contributed by atoms with Crippen molar-refractivity contribution < 1.29 is 42.9 Å². The first kappa shape index (κ1) is 35.9. The van der Waals surface area contributed by atoms with E-state index in [1.807, 2.05) is 20.8 Å². The van der Waals surface area contributed by atoms with Gasteiger partial charge in [-0.05, 0) is 71.6 Å². The molecule has 1 rings (SSSR count). The van der Waals surface area contributed by atoms with Crippen LogP contribution in [-0.2, 0) is 35.0 Å². The number of carbonyl (C=O) groups is 4. The Labute approximate surface area is 244 Å². The number of ether oxygens (including phenoxy) is 5. The Kier molecular flexibility index (Phi) is 13.8. The van der Waals surface area contributed by atoms with Crippen LogP contribution < -0.4 is 15.2 Å². The summed E-state index contributed by atoms with van der Waals surface area (Å²) >= 11 is 0. The zero-order valence-corrected chi connectivity index (χ0v) is 26.2. The summed E-state index contributed by atoms with van der Waals surface area (Å²) in [5.74, 6) is -1.59. The molecule has 0 aromatic heterocycles. The second-order valence-electron chi connectivity index (χ2n) is 11.8. The van der Waals surface area contributed by atoms with Crippen LogP contribution in [0.25, 0.3) is 0 Å². The maximum absolute atomic E-state index is 12.9. The third-order valence-electron chi connectivity index (χ3n) is 7.31. The SMILES string of the molecule is CCCCCOC(=O)O[C@@H](C)CC(N)(Cc1ccc(OC(=O)C(C)(C)CC)c(OC(=O)C(C)(C)CC)c1)C(=O)OC. The van der Waals surface area contributed by atoms with E-state index in [-0.39, 0.29) is 30.9 Å². The smallest absolute Gasteiger partial charge is 0.468 e. The summed E-state index contributed by atoms with van der Waals surface area (Å²) in [5, 5.41) is 0. The lowest BCUT2D eigenvalue weighted by molar-refractivity contribution is -0.148. The molecule has 0 saturated heterocycles. The van der Waals surface area contributed by atoms with Crippen LogP contribution in [0.5, 0.6) is 11.5 Å². The number of hydrogen-bond donors (Lipinski definition) is 1. The molecule has 1 aromatic rings. The van der Waals surface area contributed by atoms with Gasteiger partial charge in [0.2, 0.25) is 0 Å². The Morgan fingerprint density at radius 2 is 1.41 bits per heavy atom. The average Bonchev–Trinajstić information content (AvgIpc) is 2.91. The van der Waals surface area contributed by atoms with Crippen LogP contribution in [0.2, 0.25) is 0 Å². The van der Waals surface area contributed by atoms with Gasteiger partial charge in [0.05, 0.1) is 24.5 Å². The van der Waals surface area contributed by atoms with Crippen LogP contribution in [0, 0.1) is 10.8 Å². The lowest BCUT2D eigenvalue weighted by Gasteiger charge is -2.29. The molecule has 41 heavy (non-hydrogen) atoms. The Balaban J connectivity index is 3.28. The van der Waals surface area contributed by atoms with E-state index in [2.05, 4.69) is 0 Å². The number of benzene rings is 1. The summed E-state index contributed by atoms with van der Waals surface area (Å²) in [7, 11) is 1.22. The highest BCUT2D eigenvalue weighted by Gasteiger charge is 2.39. The van der Waals surface area contributed by atoms with Crippen molar-refractivity contribution in [2.45, 2.75) is 112 Å². The van der Waals surface area contributed by atoms with E-state index in [0.29, 0.717) is 18.4 Å². The molecule has 0 bridgehead atoms. The molecule has 0 heterocycles. The zero-order valence-electron chi connectivity index (χ0n) is 26.2. The van der Waals surface area contributed by atoms with Crippen molar-refractivity contribution in [1.82, 2.24) is 0 Å². The summed E-state index contributed by atoms with van der Waals surface area (Å²) in [6, 6.07) is 4.65. The van der Waals surface area contributed by atoms with E-state index in [0.717, 1.165) is 19.3 Å². The highest BCUT2D eigenvalue weighted by atomic mass is 16.7. The molecule has 0 aliphatic rings. The van der Waals surface area contributed by atoms with Crippen LogP contribution >= 0.6 is 0 Å². The molecule has 2 atom stereocenters. The Morgan fingerprint density at radius 3 is 1.93 bits per heavy atom. The van der Waals surface area contributed by atoms with Gasteiger partial charge in [0.15, 0.2) is 11.5 Å². The van der Waals surface area contributed by atoms with Crippen LogP contribution in [0.4, 0.5) is 4.79 Å². The number of rotatable bonds is 16. The van der Waals surface area contributed by atoms with Gasteiger partial charge >= 0.3 is 24.1 Å². The van der Waals surface area contributed by atoms with Gasteiger partial charge < -0.3 is 29.4 Å². The van der Waals surface area contributed by atoms with Crippen molar-refractivity contribution in [3.63, 3.8) is 0 Å². The zero-order chi connectivity index (χ0) is 31.4. The topological polar surface area (TPSA) is 140 Å². The van der Waals surface area contributed by atoms with Gasteiger partial charge in [-0.3, -0.25) is 14.4 Å². The standard InChI is InChI=1S/C31H49NO9/c1-10-13-14-17-38-28(36)39-21(4)19-31(32,27(35)37-9)20-22-15-16-23(40-25(33)29(5,6)11-2)24(18-22)41-26(34)30(7,8)12-3/h15-16,18,21H,10-14,17,19-20,32H2,1-9H3/t21-,31?/m0/s1. The first-order valence-corrected chi connectivity index (χ1v) is 14.3. The quantitative estimate of drug-likeness (QED) is 0.143. The molecule has 2 N–H and O–H groups in total. The normalized spacial score (nSPS) is 13.9. The van der Waals surface area contributed by atoms with E-state index >= 15 is 0 Å². The molecule has 0 fully saturated rings. The predicted octanol–water partition coefficient (Wildman–Crippen LogP) is 5.90. The summed E-state index contributed by atoms with van der Waals surface area (Å²) in [6.07, 6.45) is 2.00. The fourth-order valence-electron chi connectivity index (χ4n) is 3.65. The minimum atomic E-state index is -1.59. The number of unbranched alkanes of at least 4 members (excludes halogenated alkanes) is 2. The van der Waals surface area contributed by atoms with Gasteiger partial charge in [-0.1, -0.05) is 39.7 Å². The van der Waals surface area contributed by atoms with Gasteiger partial charge in [-0.25, -0.2) is 4.79 Å². The third-order valence-corrected chi connectivity index (χ3v) is 7.31. The average molecular weight is 580 g/mol. The summed E-state index contributed by atoms with van der Waals surface area (Å²) in [4.78, 5) is 50.7. The highest BCUT2D eigenvalue weighted by molar-refractivity contribution is 5.82. The second-order valence-corrected chi connectivity index (χ2v) is 11.8. The molecule has 1 unspecified atom stereocenters. The highest BCUT2D eigenvalue weighted by Crippen LogP contribution is 2.35. The molecule has 1 aromatic carbocycles. The van der Waals surface area contributed by atoms with Crippen molar-refractivity contribution in [3.05, 3.63) is 23.8 Å². The molecule has 10 nitrogen and oxygen atoms in total. The number of hydrogen-bond acceptors (Lipinski definition) is 10. The predicted molar refractivity (Wildman–Crippen MR) is 155 cm³/mol. The number of esters is 3. The van der Waals surface area contributed by atoms with Crippen LogP contribution in [0.3, 0.4) is 0 Å². The van der Waals surface area contributed by atoms with Gasteiger partial charge in [0.25, 0.3) is 0 Å². The summed E-state index contributed by atoms with van der Waals surface area (Å²) < 4.78 is 26.7. The number of methoxy groups -OCH3 is 1. The minimum Gasteiger partial charge on any atom is -0.468 e. The molecule has 0 aliphatic heterocycles. The molecule has 0 aliphatic carbocycles. The first-order valence-electron chi connectivity index (χ1n) is 14.3. The van der Waals surface area contributed by atoms with Gasteiger partial charge in [-0.2, -0.15) is 0 Å². The van der Waals surface area contributed by atoms with Crippen molar-refractivity contribution in [1.29, 1.82) is 0 Å². The number of nitrogens with two attached hydrogens (primary N) is 1. The molecule has 0 spiro atoms. The lowest BCUT2D eigenvalue weighted by Crippen LogP contribution is -2.53. The Bertz CT molecular complexity index is 1050. The third kappa shape index (κ3) is 11.0. The van der Waals surface area contributed by atoms with E-state index < -0.39 is 46.5 Å². The molecular formula is C31H49NO9. The lowest BCUT2D eigenvalue weighted by atomic mass is 9.86. The van der Waals surface area contributed by atoms with Crippen LogP contribution in [-0.4, -0.2) is 49.4 Å². The molecule has 0 radical (unpaired) electrons. The monoisotopic (exact) mass is 579 g/mol. The van der Waals surface area contributed by atoms with E-state index in [9.17, 15) is 19.2 Å². The molecular weight excluding hydrogens is 530 g/mol. The van der Waals surface area contributed by atoms with Gasteiger partial charge in [-0.15, -0.1) is 0 Å². The van der Waals surface area contributed by atoms with Gasteiger partial charge in [0.1, 0.15) is 11.6 Å². The van der Waals surface area contributed by atoms with E-state index in [4.69, 9.17) is 29.4 Å². The fraction of sp³-hybridized carbons (Fsp3) is 0.677. The van der Waals surface area contributed by atoms with Crippen molar-refractivity contribution in [3.8, 4) is 11.5 Å². The van der Waals surface area contributed by atoms with Crippen LogP contribution in [0.15, 0.2) is 18.2 Å². The largest absolute Gasteiger partial charge is 0.508 e. The Hall–Kier alpha value is -3.14. The van der Waals surface area contributed by atoms with E-state index in [1.54, 1.807) is 40.7 Å². The maximum Gasteiger partial charge on any atom is 0.508 e. The maximum atomic E-state index is 12.9. The number of carbonyl (C=O) groups excluding carboxylic acids is 4. The van der Waals surface area contributed by atoms with Crippen LogP contribution in [0.1, 0.15) is 99.5 Å². The first-order chi connectivity index (χ1) is 19.0. The van der Waals surface area contributed by atoms with E-state index in [1.165, 1.54) is 19.2 Å². The second kappa shape index (κ2) is 15.7. The summed E-state index contributed by atoms with van der Waals surface area (Å²) in [5.41, 5.74) is 3.91. The molecule has 232 valence electrons. The minimum absolute atomic E-state index is 0.0291. The van der Waals surface area contributed by atoms with Gasteiger partial charge in [0, 0.05) is 12.8 Å². The molecule has 10 heteroatoms. The van der Waals surface area contributed by atoms with Crippen molar-refractivity contribution in [2.75, 3.05) is 13.7 Å². The fourth-order valence-corrected chi connectivity index (χ4v) is 3.65. The van der Waals surface area contributed by atoms with Crippen molar-refractivity contribution in [2.24, 2.45) is 16.6 Å². The summed E-state index contributed by atoms with van der Waals surface area (Å²) in [6.45, 7) is 14.7. The van der Waals surface area contributed by atoms with Crippen molar-refractivity contribution >= 4 is 24.1 Å².